The van der Waals surface area contributed by atoms with E-state index in [0.717, 1.165) is 40.5 Å². The molecule has 0 aliphatic heterocycles. The van der Waals surface area contributed by atoms with Crippen molar-refractivity contribution in [2.45, 2.75) is 84.6 Å². The molecular weight excluding hydrogens is 534 g/mol. The van der Waals surface area contributed by atoms with Gasteiger partial charge in [-0.05, 0) is 66.3 Å². The van der Waals surface area contributed by atoms with E-state index in [2.05, 4.69) is 43.2 Å². The summed E-state index contributed by atoms with van der Waals surface area (Å²) in [5.41, 5.74) is 3.33. The van der Waals surface area contributed by atoms with Crippen LogP contribution < -0.4 is 10.1 Å². The fourth-order valence-electron chi connectivity index (χ4n) is 4.31. The normalized spacial score (nSPS) is 12.6. The molecule has 1 heterocycles. The van der Waals surface area contributed by atoms with Gasteiger partial charge in [0, 0.05) is 17.5 Å². The average Bonchev–Trinajstić information content (AvgIpc) is 3.46. The van der Waals surface area contributed by atoms with Crippen LogP contribution >= 0.6 is 11.3 Å². The molecule has 0 radical (unpaired) electrons. The Hall–Kier alpha value is -3.52. The third-order valence-corrected chi connectivity index (χ3v) is 7.94. The summed E-state index contributed by atoms with van der Waals surface area (Å²) in [6.07, 6.45) is 8.14. The van der Waals surface area contributed by atoms with Gasteiger partial charge in [-0.15, -0.1) is 10.2 Å². The molecule has 220 valence electrons. The van der Waals surface area contributed by atoms with Gasteiger partial charge < -0.3 is 14.8 Å². The number of aromatic nitrogens is 2. The second kappa shape index (κ2) is 15.5. The van der Waals surface area contributed by atoms with Gasteiger partial charge in [0.15, 0.2) is 0 Å². The van der Waals surface area contributed by atoms with E-state index in [9.17, 15) is 9.59 Å². The van der Waals surface area contributed by atoms with Crippen LogP contribution in [0.25, 0.3) is 16.1 Å². The number of nitrogens with one attached hydrogen (secondary N) is 1. The number of carbonyl (C=O) groups excluding carboxylic acids is 2. The van der Waals surface area contributed by atoms with Gasteiger partial charge in [-0.25, -0.2) is 4.79 Å². The highest BCUT2D eigenvalue weighted by Gasteiger charge is 2.25. The Balaban J connectivity index is 1.64. The molecule has 0 unspecified atom stereocenters. The largest absolute Gasteiger partial charge is 0.494 e. The number of benzene rings is 2. The van der Waals surface area contributed by atoms with Crippen molar-refractivity contribution in [3.05, 3.63) is 70.7 Å². The van der Waals surface area contributed by atoms with Gasteiger partial charge >= 0.3 is 5.97 Å². The summed E-state index contributed by atoms with van der Waals surface area (Å²) in [6, 6.07) is 14.4. The fraction of sp³-hybridized carbons (Fsp3) is 0.455. The van der Waals surface area contributed by atoms with Crippen molar-refractivity contribution in [3.63, 3.8) is 0 Å². The van der Waals surface area contributed by atoms with E-state index in [1.807, 2.05) is 49.4 Å². The molecule has 8 heteroatoms. The van der Waals surface area contributed by atoms with E-state index in [4.69, 9.17) is 9.47 Å². The van der Waals surface area contributed by atoms with Crippen molar-refractivity contribution in [2.75, 3.05) is 13.7 Å². The number of hydrogen-bond donors (Lipinski definition) is 1. The number of hydrogen-bond acceptors (Lipinski definition) is 7. The average molecular weight is 578 g/mol. The van der Waals surface area contributed by atoms with Crippen molar-refractivity contribution < 1.29 is 19.1 Å². The van der Waals surface area contributed by atoms with Crippen LogP contribution in [0.1, 0.15) is 94.1 Å². The van der Waals surface area contributed by atoms with Gasteiger partial charge in [0.25, 0.3) is 5.91 Å². The zero-order valence-electron chi connectivity index (χ0n) is 25.2. The van der Waals surface area contributed by atoms with E-state index in [1.54, 1.807) is 12.1 Å². The van der Waals surface area contributed by atoms with Crippen LogP contribution in [0, 0.1) is 0 Å². The lowest BCUT2D eigenvalue weighted by Gasteiger charge is -2.20. The number of amides is 1. The Morgan fingerprint density at radius 2 is 1.66 bits per heavy atom. The van der Waals surface area contributed by atoms with Crippen LogP contribution in [-0.4, -0.2) is 41.8 Å². The Labute approximate surface area is 248 Å². The minimum Gasteiger partial charge on any atom is -0.494 e. The minimum absolute atomic E-state index is 0.0195. The molecule has 2 aromatic carbocycles. The number of rotatable bonds is 14. The highest BCUT2D eigenvalue weighted by atomic mass is 32.1. The molecule has 0 saturated carbocycles. The van der Waals surface area contributed by atoms with E-state index < -0.39 is 12.0 Å². The monoisotopic (exact) mass is 577 g/mol. The zero-order chi connectivity index (χ0) is 29.8. The molecule has 3 rings (SSSR count). The quantitative estimate of drug-likeness (QED) is 0.157. The predicted molar refractivity (Wildman–Crippen MR) is 166 cm³/mol. The summed E-state index contributed by atoms with van der Waals surface area (Å²) in [5.74, 6) is -0.0138. The maximum absolute atomic E-state index is 13.0. The molecule has 1 atom stereocenters. The first-order valence-corrected chi connectivity index (χ1v) is 15.2. The van der Waals surface area contributed by atoms with Gasteiger partial charge in [-0.3, -0.25) is 4.79 Å². The maximum atomic E-state index is 13.0. The smallest absolute Gasteiger partial charge is 0.328 e. The highest BCUT2D eigenvalue weighted by molar-refractivity contribution is 7.15. The number of unbranched alkanes of at least 4 members (excludes halogenated alkanes) is 4. The molecule has 3 aromatic rings. The predicted octanol–water partition coefficient (Wildman–Crippen LogP) is 7.62. The third kappa shape index (κ3) is 9.52. The van der Waals surface area contributed by atoms with Gasteiger partial charge in [0.05, 0.1) is 13.7 Å². The molecule has 41 heavy (non-hydrogen) atoms. The first-order valence-electron chi connectivity index (χ1n) is 14.4. The number of carbonyl (C=O) groups is 2. The van der Waals surface area contributed by atoms with Crippen molar-refractivity contribution in [2.24, 2.45) is 0 Å². The number of methoxy groups -OCH3 is 1. The molecular formula is C33H43N3O4S. The Morgan fingerprint density at radius 1 is 0.976 bits per heavy atom. The fourth-order valence-corrected chi connectivity index (χ4v) is 5.24. The highest BCUT2D eigenvalue weighted by Crippen LogP contribution is 2.31. The van der Waals surface area contributed by atoms with Gasteiger partial charge in [0.2, 0.25) is 0 Å². The summed E-state index contributed by atoms with van der Waals surface area (Å²) in [4.78, 5) is 25.6. The van der Waals surface area contributed by atoms with Crippen LogP contribution in [0.5, 0.6) is 5.75 Å². The SMILES string of the molecule is C/C=C(\C[C@H](NC(=O)c1ccc(C(C)(C)C)cc1)C(=O)OC)c1nnc(-c2ccc(OCCCCCCC)cc2)s1. The Kier molecular flexibility index (Phi) is 12.1. The number of esters is 1. The molecule has 0 aliphatic rings. The lowest BCUT2D eigenvalue weighted by molar-refractivity contribution is -0.142. The molecule has 0 saturated heterocycles. The van der Waals surface area contributed by atoms with Crippen LogP contribution in [-0.2, 0) is 14.9 Å². The molecule has 1 aromatic heterocycles. The van der Waals surface area contributed by atoms with E-state index in [0.29, 0.717) is 10.6 Å². The van der Waals surface area contributed by atoms with Crippen molar-refractivity contribution in [3.8, 4) is 16.3 Å². The van der Waals surface area contributed by atoms with Crippen LogP contribution in [0.4, 0.5) is 0 Å². The summed E-state index contributed by atoms with van der Waals surface area (Å²) >= 11 is 1.44. The lowest BCUT2D eigenvalue weighted by atomic mass is 9.86. The second-order valence-electron chi connectivity index (χ2n) is 11.1. The topological polar surface area (TPSA) is 90.4 Å². The molecule has 0 bridgehead atoms. The molecule has 0 spiro atoms. The van der Waals surface area contributed by atoms with Crippen LogP contribution in [0.2, 0.25) is 0 Å². The summed E-state index contributed by atoms with van der Waals surface area (Å²) in [5, 5.41) is 13.1. The molecule has 0 aliphatic carbocycles. The van der Waals surface area contributed by atoms with E-state index in [1.165, 1.54) is 44.1 Å². The number of allylic oxidation sites excluding steroid dienone is 1. The minimum atomic E-state index is -0.869. The van der Waals surface area contributed by atoms with Crippen molar-refractivity contribution >= 4 is 28.8 Å². The second-order valence-corrected chi connectivity index (χ2v) is 12.1. The molecule has 0 fully saturated rings. The molecule has 1 N–H and O–H groups in total. The molecule has 7 nitrogen and oxygen atoms in total. The standard InChI is InChI=1S/C33H43N3O4S/c1-7-9-10-11-12-21-40-27-19-15-25(16-20-27)31-36-35-30(41-31)23(8-2)22-28(32(38)39-6)34-29(37)24-13-17-26(18-14-24)33(3,4)5/h8,13-20,28H,7,9-12,21-22H2,1-6H3,(H,34,37)/b23-8+/t28-/m0/s1. The maximum Gasteiger partial charge on any atom is 0.328 e. The van der Waals surface area contributed by atoms with Gasteiger partial charge in [0.1, 0.15) is 21.8 Å². The first kappa shape index (κ1) is 32.0. The number of nitrogens with zero attached hydrogens (tertiary/aromatic N) is 2. The van der Waals surface area contributed by atoms with Crippen LogP contribution in [0.3, 0.4) is 0 Å². The zero-order valence-corrected chi connectivity index (χ0v) is 26.0. The summed E-state index contributed by atoms with van der Waals surface area (Å²) in [7, 11) is 1.32. The lowest BCUT2D eigenvalue weighted by Crippen LogP contribution is -2.41. The summed E-state index contributed by atoms with van der Waals surface area (Å²) in [6.45, 7) is 11.2. The summed E-state index contributed by atoms with van der Waals surface area (Å²) < 4.78 is 10.9. The van der Waals surface area contributed by atoms with Gasteiger partial charge in [-0.1, -0.05) is 82.9 Å². The Morgan fingerprint density at radius 3 is 2.27 bits per heavy atom. The van der Waals surface area contributed by atoms with Crippen molar-refractivity contribution in [1.29, 1.82) is 0 Å². The van der Waals surface area contributed by atoms with Gasteiger partial charge in [-0.2, -0.15) is 0 Å². The third-order valence-electron chi connectivity index (χ3n) is 6.89. The first-order chi connectivity index (χ1) is 19.7. The van der Waals surface area contributed by atoms with E-state index >= 15 is 0 Å². The van der Waals surface area contributed by atoms with E-state index in [-0.39, 0.29) is 17.7 Å². The van der Waals surface area contributed by atoms with Crippen LogP contribution in [0.15, 0.2) is 54.6 Å². The number of ether oxygens (including phenoxy) is 2. The molecule has 1 amide bonds. The van der Waals surface area contributed by atoms with Crippen molar-refractivity contribution in [1.82, 2.24) is 15.5 Å². The Bertz CT molecular complexity index is 1290.